The molecular weight excluding hydrogens is 512 g/mol. The first-order valence-electron chi connectivity index (χ1n) is 14.3. The standard InChI is InChI=1S/C32H40O8/c1-18-14-24-23(30(24,5)6)12-13-31(17-37-31)29(38-20(3)33)26-27(39-25(35)15-22-10-8-7-9-11-22)19(2)16-32(26,28(18)36)40-21(4)34/h7-11,14,19,23-24,26-27,29H,12-13,15-17H2,1-6H3/t19-,23-,24+,26+,27-,29?,31+,32+/m0/s1. The van der Waals surface area contributed by atoms with Gasteiger partial charge in [-0.15, -0.1) is 0 Å². The van der Waals surface area contributed by atoms with Gasteiger partial charge in [0, 0.05) is 20.3 Å². The summed E-state index contributed by atoms with van der Waals surface area (Å²) < 4.78 is 24.2. The predicted octanol–water partition coefficient (Wildman–Crippen LogP) is 4.38. The van der Waals surface area contributed by atoms with Crippen LogP contribution in [0.2, 0.25) is 0 Å². The molecule has 3 fully saturated rings. The van der Waals surface area contributed by atoms with Gasteiger partial charge in [0.15, 0.2) is 5.60 Å². The largest absolute Gasteiger partial charge is 0.461 e. The molecule has 0 aromatic heterocycles. The molecule has 8 atom stereocenters. The summed E-state index contributed by atoms with van der Waals surface area (Å²) in [7, 11) is 0. The summed E-state index contributed by atoms with van der Waals surface area (Å²) in [6, 6.07) is 9.25. The van der Waals surface area contributed by atoms with Gasteiger partial charge >= 0.3 is 17.9 Å². The first-order valence-corrected chi connectivity index (χ1v) is 14.3. The van der Waals surface area contributed by atoms with Crippen molar-refractivity contribution >= 4 is 23.7 Å². The fraction of sp³-hybridized carbons (Fsp3) is 0.625. The maximum Gasteiger partial charge on any atom is 0.310 e. The van der Waals surface area contributed by atoms with Crippen molar-refractivity contribution in [3.05, 3.63) is 47.5 Å². The highest BCUT2D eigenvalue weighted by molar-refractivity contribution is 6.03. The van der Waals surface area contributed by atoms with Gasteiger partial charge in [0.25, 0.3) is 0 Å². The van der Waals surface area contributed by atoms with Crippen molar-refractivity contribution in [3.8, 4) is 0 Å². The van der Waals surface area contributed by atoms with Gasteiger partial charge in [0.1, 0.15) is 17.8 Å². The first kappa shape index (κ1) is 28.5. The maximum atomic E-state index is 14.5. The minimum absolute atomic E-state index is 0.0141. The molecule has 3 aliphatic carbocycles. The Hall–Kier alpha value is -3.00. The van der Waals surface area contributed by atoms with Crippen molar-refractivity contribution in [2.45, 2.75) is 90.6 Å². The summed E-state index contributed by atoms with van der Waals surface area (Å²) in [6.45, 7) is 11.0. The number of epoxide rings is 1. The fourth-order valence-electron chi connectivity index (χ4n) is 7.55. The number of benzene rings is 1. The molecule has 40 heavy (non-hydrogen) atoms. The molecule has 0 bridgehead atoms. The molecule has 0 radical (unpaired) electrons. The van der Waals surface area contributed by atoms with E-state index < -0.39 is 47.2 Å². The number of hydrogen-bond donors (Lipinski definition) is 0. The highest BCUT2D eigenvalue weighted by Gasteiger charge is 2.71. The Balaban J connectivity index is 1.61. The number of hydrogen-bond acceptors (Lipinski definition) is 8. The Bertz CT molecular complexity index is 1230. The van der Waals surface area contributed by atoms with Crippen molar-refractivity contribution in [3.63, 3.8) is 0 Å². The van der Waals surface area contributed by atoms with Crippen molar-refractivity contribution in [1.82, 2.24) is 0 Å². The van der Waals surface area contributed by atoms with E-state index in [9.17, 15) is 19.2 Å². The fourth-order valence-corrected chi connectivity index (χ4v) is 7.55. The van der Waals surface area contributed by atoms with Crippen LogP contribution in [0.15, 0.2) is 42.0 Å². The van der Waals surface area contributed by atoms with E-state index in [2.05, 4.69) is 13.8 Å². The van der Waals surface area contributed by atoms with Gasteiger partial charge < -0.3 is 18.9 Å². The number of rotatable bonds is 5. The molecule has 1 unspecified atom stereocenters. The summed E-state index contributed by atoms with van der Waals surface area (Å²) in [4.78, 5) is 52.9. The molecule has 1 aliphatic heterocycles. The smallest absolute Gasteiger partial charge is 0.310 e. The number of ether oxygens (including phenoxy) is 4. The molecule has 1 aromatic rings. The number of Topliss-reactive ketones (excluding diaryl/α,β-unsaturated/α-hetero) is 1. The SMILES string of the molecule is CC(=O)OC1[C@H]2[C@@H](OC(=O)Cc3ccccc3)[C@@H](C)C[C@]2(OC(C)=O)C(=O)C(C)=C[C@@H]2[C@H](CC[C@@]13CO3)C2(C)C. The van der Waals surface area contributed by atoms with Crippen molar-refractivity contribution < 1.29 is 38.1 Å². The van der Waals surface area contributed by atoms with Crippen molar-refractivity contribution in [1.29, 1.82) is 0 Å². The lowest BCUT2D eigenvalue weighted by Gasteiger charge is -2.41. The molecule has 8 heteroatoms. The van der Waals surface area contributed by atoms with Crippen LogP contribution in [0.3, 0.4) is 0 Å². The van der Waals surface area contributed by atoms with Gasteiger partial charge in [-0.2, -0.15) is 0 Å². The second-order valence-corrected chi connectivity index (χ2v) is 12.9. The molecule has 216 valence electrons. The van der Waals surface area contributed by atoms with Crippen LogP contribution in [0.25, 0.3) is 0 Å². The van der Waals surface area contributed by atoms with Gasteiger partial charge in [-0.25, -0.2) is 0 Å². The van der Waals surface area contributed by atoms with Crippen LogP contribution in [0, 0.1) is 29.1 Å². The van der Waals surface area contributed by atoms with Gasteiger partial charge in [0.2, 0.25) is 5.78 Å². The molecule has 2 saturated carbocycles. The first-order chi connectivity index (χ1) is 18.8. The summed E-state index contributed by atoms with van der Waals surface area (Å²) in [5.74, 6) is -2.72. The zero-order valence-electron chi connectivity index (χ0n) is 24.2. The summed E-state index contributed by atoms with van der Waals surface area (Å²) >= 11 is 0. The molecule has 1 spiro atoms. The summed E-state index contributed by atoms with van der Waals surface area (Å²) in [5, 5.41) is 0. The zero-order chi connectivity index (χ0) is 29.0. The summed E-state index contributed by atoms with van der Waals surface area (Å²) in [5.41, 5.74) is -1.22. The Morgan fingerprint density at radius 1 is 1.05 bits per heavy atom. The van der Waals surface area contributed by atoms with Crippen LogP contribution in [-0.4, -0.2) is 53.7 Å². The Labute approximate surface area is 235 Å². The second kappa shape index (κ2) is 10.1. The Morgan fingerprint density at radius 3 is 2.33 bits per heavy atom. The molecule has 8 nitrogen and oxygen atoms in total. The van der Waals surface area contributed by atoms with Crippen LogP contribution < -0.4 is 0 Å². The molecule has 1 aromatic carbocycles. The topological polar surface area (TPSA) is 108 Å². The second-order valence-electron chi connectivity index (χ2n) is 12.9. The maximum absolute atomic E-state index is 14.5. The highest BCUT2D eigenvalue weighted by atomic mass is 16.6. The number of esters is 3. The monoisotopic (exact) mass is 552 g/mol. The van der Waals surface area contributed by atoms with E-state index in [-0.39, 0.29) is 35.9 Å². The van der Waals surface area contributed by atoms with Crippen molar-refractivity contribution in [2.24, 2.45) is 29.1 Å². The minimum atomic E-state index is -1.68. The lowest BCUT2D eigenvalue weighted by Crippen LogP contribution is -2.58. The highest BCUT2D eigenvalue weighted by Crippen LogP contribution is 2.64. The average molecular weight is 553 g/mol. The molecule has 4 aliphatic rings. The molecule has 0 N–H and O–H groups in total. The van der Waals surface area contributed by atoms with Crippen LogP contribution in [-0.2, 0) is 44.5 Å². The van der Waals surface area contributed by atoms with Crippen LogP contribution in [0.4, 0.5) is 0 Å². The third-order valence-corrected chi connectivity index (χ3v) is 9.71. The lowest BCUT2D eigenvalue weighted by atomic mass is 9.74. The van der Waals surface area contributed by atoms with Gasteiger partial charge in [-0.05, 0) is 54.1 Å². The van der Waals surface area contributed by atoms with Crippen LogP contribution >= 0.6 is 0 Å². The molecule has 1 heterocycles. The quantitative estimate of drug-likeness (QED) is 0.301. The summed E-state index contributed by atoms with van der Waals surface area (Å²) in [6.07, 6.45) is 1.85. The van der Waals surface area contributed by atoms with E-state index in [1.807, 2.05) is 43.3 Å². The van der Waals surface area contributed by atoms with E-state index in [0.29, 0.717) is 24.5 Å². The molecule has 5 rings (SSSR count). The van der Waals surface area contributed by atoms with E-state index in [1.165, 1.54) is 13.8 Å². The number of fused-ring (bicyclic) bond motifs is 2. The van der Waals surface area contributed by atoms with Gasteiger partial charge in [0.05, 0.1) is 18.9 Å². The molecule has 1 saturated heterocycles. The zero-order valence-corrected chi connectivity index (χ0v) is 24.2. The number of allylic oxidation sites excluding steroid dienone is 1. The number of carbonyl (C=O) groups excluding carboxylic acids is 4. The van der Waals surface area contributed by atoms with Crippen LogP contribution in [0.1, 0.15) is 66.4 Å². The Morgan fingerprint density at radius 2 is 1.73 bits per heavy atom. The number of ketones is 1. The molecular formula is C32H40O8. The minimum Gasteiger partial charge on any atom is -0.461 e. The lowest BCUT2D eigenvalue weighted by molar-refractivity contribution is -0.190. The van der Waals surface area contributed by atoms with E-state index in [0.717, 1.165) is 12.0 Å². The third-order valence-electron chi connectivity index (χ3n) is 9.71. The normalized spacial score (nSPS) is 37.8. The molecule has 0 amide bonds. The Kier molecular flexibility index (Phi) is 7.22. The van der Waals surface area contributed by atoms with E-state index in [4.69, 9.17) is 18.9 Å². The van der Waals surface area contributed by atoms with E-state index in [1.54, 1.807) is 6.92 Å². The average Bonchev–Trinajstić information content (AvgIpc) is 3.73. The van der Waals surface area contributed by atoms with Crippen LogP contribution in [0.5, 0.6) is 0 Å². The van der Waals surface area contributed by atoms with Crippen molar-refractivity contribution in [2.75, 3.05) is 6.61 Å². The van der Waals surface area contributed by atoms with Gasteiger partial charge in [-0.1, -0.05) is 57.2 Å². The van der Waals surface area contributed by atoms with E-state index >= 15 is 0 Å². The number of carbonyl (C=O) groups is 4. The predicted molar refractivity (Wildman–Crippen MR) is 145 cm³/mol. The third kappa shape index (κ3) is 5.00. The van der Waals surface area contributed by atoms with Gasteiger partial charge in [-0.3, -0.25) is 19.2 Å².